The van der Waals surface area contributed by atoms with Crippen LogP contribution in [0.25, 0.3) is 11.1 Å². The van der Waals surface area contributed by atoms with E-state index in [2.05, 4.69) is 6.92 Å². The second-order valence-electron chi connectivity index (χ2n) is 5.83. The van der Waals surface area contributed by atoms with Crippen molar-refractivity contribution in [2.24, 2.45) is 0 Å². The van der Waals surface area contributed by atoms with Crippen molar-refractivity contribution >= 4 is 0 Å². The van der Waals surface area contributed by atoms with Crippen molar-refractivity contribution in [3.05, 3.63) is 65.9 Å². The van der Waals surface area contributed by atoms with Crippen molar-refractivity contribution in [1.82, 2.24) is 0 Å². The molecule has 0 amide bonds. The number of benzene rings is 2. The molecule has 3 heteroatoms. The van der Waals surface area contributed by atoms with Crippen LogP contribution < -0.4 is 4.74 Å². The number of aryl methyl sites for hydroxylation is 1. The number of ether oxygens (including phenoxy) is 1. The van der Waals surface area contributed by atoms with Crippen LogP contribution in [-0.4, -0.2) is 0 Å². The maximum Gasteiger partial charge on any atom is 0.201 e. The van der Waals surface area contributed by atoms with E-state index in [4.69, 9.17) is 4.74 Å². The van der Waals surface area contributed by atoms with E-state index in [1.165, 1.54) is 37.2 Å². The highest BCUT2D eigenvalue weighted by molar-refractivity contribution is 5.65. The number of rotatable bonds is 8. The first-order valence-corrected chi connectivity index (χ1v) is 8.52. The summed E-state index contributed by atoms with van der Waals surface area (Å²) in [5, 5.41) is 0. The van der Waals surface area contributed by atoms with Gasteiger partial charge in [-0.1, -0.05) is 56.5 Å². The van der Waals surface area contributed by atoms with Gasteiger partial charge in [-0.2, -0.15) is 4.39 Å². The maximum absolute atomic E-state index is 14.3. The standard InChI is InChI=1S/C21H24F2O/c1-3-5-6-7-8-16-9-11-17(12-10-16)18-13-14-19(24-15-4-2)21(23)20(18)22/h4,9-15H,3,5-8H2,1-2H3. The zero-order valence-corrected chi connectivity index (χ0v) is 14.3. The highest BCUT2D eigenvalue weighted by Gasteiger charge is 2.15. The largest absolute Gasteiger partial charge is 0.462 e. The molecule has 0 aliphatic carbocycles. The van der Waals surface area contributed by atoms with Crippen molar-refractivity contribution in [2.45, 2.75) is 46.0 Å². The second-order valence-corrected chi connectivity index (χ2v) is 5.83. The number of allylic oxidation sites excluding steroid dienone is 1. The van der Waals surface area contributed by atoms with Crippen molar-refractivity contribution in [3.8, 4) is 16.9 Å². The van der Waals surface area contributed by atoms with Gasteiger partial charge >= 0.3 is 0 Å². The third-order valence-electron chi connectivity index (χ3n) is 3.96. The zero-order valence-electron chi connectivity index (χ0n) is 14.3. The zero-order chi connectivity index (χ0) is 17.4. The molecule has 1 nitrogen and oxygen atoms in total. The number of halogens is 2. The lowest BCUT2D eigenvalue weighted by atomic mass is 10.0. The predicted molar refractivity (Wildman–Crippen MR) is 95.1 cm³/mol. The number of hydrogen-bond donors (Lipinski definition) is 0. The summed E-state index contributed by atoms with van der Waals surface area (Å²) >= 11 is 0. The van der Waals surface area contributed by atoms with E-state index in [1.54, 1.807) is 19.1 Å². The predicted octanol–water partition coefficient (Wildman–Crippen LogP) is 6.67. The Morgan fingerprint density at radius 3 is 2.33 bits per heavy atom. The van der Waals surface area contributed by atoms with Crippen LogP contribution >= 0.6 is 0 Å². The van der Waals surface area contributed by atoms with E-state index in [0.29, 0.717) is 5.56 Å². The van der Waals surface area contributed by atoms with Gasteiger partial charge in [-0.3, -0.25) is 0 Å². The minimum absolute atomic E-state index is 0.109. The molecular formula is C21H24F2O. The SMILES string of the molecule is CC=COc1ccc(-c2ccc(CCCCCC)cc2)c(F)c1F. The average Bonchev–Trinajstić information content (AvgIpc) is 2.61. The van der Waals surface area contributed by atoms with E-state index in [-0.39, 0.29) is 11.3 Å². The second kappa shape index (κ2) is 9.21. The summed E-state index contributed by atoms with van der Waals surface area (Å²) in [6, 6.07) is 10.7. The van der Waals surface area contributed by atoms with Crippen LogP contribution in [0.4, 0.5) is 8.78 Å². The fourth-order valence-electron chi connectivity index (χ4n) is 2.59. The van der Waals surface area contributed by atoms with Gasteiger partial charge in [-0.15, -0.1) is 0 Å². The first kappa shape index (κ1) is 18.2. The Bertz CT molecular complexity index is 675. The molecule has 0 atom stereocenters. The summed E-state index contributed by atoms with van der Waals surface area (Å²) in [6.07, 6.45) is 8.82. The topological polar surface area (TPSA) is 9.23 Å². The normalized spacial score (nSPS) is 11.2. The lowest BCUT2D eigenvalue weighted by Crippen LogP contribution is -1.95. The van der Waals surface area contributed by atoms with Gasteiger partial charge in [0.05, 0.1) is 6.26 Å². The Balaban J connectivity index is 2.12. The van der Waals surface area contributed by atoms with Gasteiger partial charge in [-0.05, 0) is 43.0 Å². The molecule has 0 saturated heterocycles. The number of hydrogen-bond acceptors (Lipinski definition) is 1. The molecule has 0 spiro atoms. The summed E-state index contributed by atoms with van der Waals surface area (Å²) in [6.45, 7) is 3.93. The average molecular weight is 330 g/mol. The molecule has 2 rings (SSSR count). The summed E-state index contributed by atoms with van der Waals surface area (Å²) in [5.41, 5.74) is 2.14. The molecule has 0 fully saturated rings. The summed E-state index contributed by atoms with van der Waals surface area (Å²) < 4.78 is 33.4. The molecule has 0 heterocycles. The molecule has 0 aromatic heterocycles. The van der Waals surface area contributed by atoms with Gasteiger partial charge in [0.25, 0.3) is 0 Å². The van der Waals surface area contributed by atoms with Gasteiger partial charge in [0.15, 0.2) is 11.6 Å². The van der Waals surface area contributed by atoms with E-state index >= 15 is 0 Å². The third-order valence-corrected chi connectivity index (χ3v) is 3.96. The van der Waals surface area contributed by atoms with Crippen LogP contribution in [0.5, 0.6) is 5.75 Å². The molecule has 2 aromatic rings. The van der Waals surface area contributed by atoms with Crippen LogP contribution in [-0.2, 0) is 6.42 Å². The van der Waals surface area contributed by atoms with E-state index in [1.807, 2.05) is 24.3 Å². The van der Waals surface area contributed by atoms with Gasteiger partial charge in [0.1, 0.15) is 0 Å². The smallest absolute Gasteiger partial charge is 0.201 e. The Morgan fingerprint density at radius 2 is 1.67 bits per heavy atom. The highest BCUT2D eigenvalue weighted by atomic mass is 19.2. The number of unbranched alkanes of at least 4 members (excludes halogenated alkanes) is 3. The Morgan fingerprint density at radius 1 is 0.917 bits per heavy atom. The maximum atomic E-state index is 14.3. The van der Waals surface area contributed by atoms with Crippen LogP contribution in [0.2, 0.25) is 0 Å². The molecule has 0 N–H and O–H groups in total. The highest BCUT2D eigenvalue weighted by Crippen LogP contribution is 2.30. The minimum atomic E-state index is -0.964. The fraction of sp³-hybridized carbons (Fsp3) is 0.333. The molecule has 2 aromatic carbocycles. The molecule has 0 unspecified atom stereocenters. The van der Waals surface area contributed by atoms with E-state index in [9.17, 15) is 8.78 Å². The van der Waals surface area contributed by atoms with Crippen LogP contribution in [0.15, 0.2) is 48.7 Å². The van der Waals surface area contributed by atoms with Gasteiger partial charge < -0.3 is 4.74 Å². The summed E-state index contributed by atoms with van der Waals surface area (Å²) in [5.74, 6) is -1.95. The Hall–Kier alpha value is -2.16. The quantitative estimate of drug-likeness (QED) is 0.388. The molecule has 0 aliphatic rings. The van der Waals surface area contributed by atoms with Crippen molar-refractivity contribution in [2.75, 3.05) is 0 Å². The van der Waals surface area contributed by atoms with Gasteiger partial charge in [-0.25, -0.2) is 4.39 Å². The van der Waals surface area contributed by atoms with Crippen molar-refractivity contribution in [3.63, 3.8) is 0 Å². The minimum Gasteiger partial charge on any atom is -0.462 e. The van der Waals surface area contributed by atoms with Crippen LogP contribution in [0.1, 0.15) is 45.1 Å². The molecule has 0 saturated carbocycles. The molecule has 24 heavy (non-hydrogen) atoms. The lowest BCUT2D eigenvalue weighted by molar-refractivity contribution is 0.415. The first-order chi connectivity index (χ1) is 11.7. The van der Waals surface area contributed by atoms with Crippen LogP contribution in [0, 0.1) is 11.6 Å². The van der Waals surface area contributed by atoms with E-state index in [0.717, 1.165) is 12.8 Å². The van der Waals surface area contributed by atoms with Crippen molar-refractivity contribution in [1.29, 1.82) is 0 Å². The molecule has 0 bridgehead atoms. The van der Waals surface area contributed by atoms with Gasteiger partial charge in [0.2, 0.25) is 5.82 Å². The third kappa shape index (κ3) is 4.67. The molecule has 128 valence electrons. The first-order valence-electron chi connectivity index (χ1n) is 8.52. The van der Waals surface area contributed by atoms with Crippen molar-refractivity contribution < 1.29 is 13.5 Å². The molecule has 0 radical (unpaired) electrons. The summed E-state index contributed by atoms with van der Waals surface area (Å²) in [4.78, 5) is 0. The monoisotopic (exact) mass is 330 g/mol. The Kier molecular flexibility index (Phi) is 6.98. The van der Waals surface area contributed by atoms with Crippen LogP contribution in [0.3, 0.4) is 0 Å². The Labute approximate surface area is 143 Å². The fourth-order valence-corrected chi connectivity index (χ4v) is 2.59. The van der Waals surface area contributed by atoms with Gasteiger partial charge in [0, 0.05) is 5.56 Å². The summed E-state index contributed by atoms with van der Waals surface area (Å²) in [7, 11) is 0. The molecular weight excluding hydrogens is 306 g/mol. The lowest BCUT2D eigenvalue weighted by Gasteiger charge is -2.09. The van der Waals surface area contributed by atoms with E-state index < -0.39 is 11.6 Å². The molecule has 0 aliphatic heterocycles.